The van der Waals surface area contributed by atoms with E-state index in [4.69, 9.17) is 4.74 Å². The van der Waals surface area contributed by atoms with E-state index in [2.05, 4.69) is 16.8 Å². The first kappa shape index (κ1) is 13.0. The van der Waals surface area contributed by atoms with Crippen LogP contribution >= 0.6 is 0 Å². The molecule has 3 heteroatoms. The van der Waals surface area contributed by atoms with E-state index in [1.807, 2.05) is 61.5 Å². The Kier molecular flexibility index (Phi) is 4.45. The maximum absolute atomic E-state index is 5.51. The normalized spacial score (nSPS) is 10.6. The van der Waals surface area contributed by atoms with Gasteiger partial charge in [0.15, 0.2) is 0 Å². The summed E-state index contributed by atoms with van der Waals surface area (Å²) in [5, 5.41) is 8.32. The Bertz CT molecular complexity index is 559. The molecular weight excluding hydrogens is 236 g/mol. The Morgan fingerprint density at radius 2 is 1.53 bits per heavy atom. The van der Waals surface area contributed by atoms with Crippen LogP contribution in [0.25, 0.3) is 0 Å². The molecule has 0 aliphatic rings. The average molecular weight is 252 g/mol. The first-order valence-corrected chi connectivity index (χ1v) is 6.08. The quantitative estimate of drug-likeness (QED) is 0.541. The molecule has 0 fully saturated rings. The number of azo groups is 1. The summed E-state index contributed by atoms with van der Waals surface area (Å²) in [7, 11) is 0. The summed E-state index contributed by atoms with van der Waals surface area (Å²) in [5.74, 6) is 0.807. The van der Waals surface area contributed by atoms with E-state index in [1.54, 1.807) is 0 Å². The summed E-state index contributed by atoms with van der Waals surface area (Å²) in [6, 6.07) is 17.1. The van der Waals surface area contributed by atoms with Gasteiger partial charge >= 0.3 is 0 Å². The largest absolute Gasteiger partial charge is 0.489 e. The molecule has 2 aromatic carbocycles. The van der Waals surface area contributed by atoms with Gasteiger partial charge < -0.3 is 4.74 Å². The first-order chi connectivity index (χ1) is 9.24. The fourth-order valence-electron chi connectivity index (χ4n) is 1.43. The predicted molar refractivity (Wildman–Crippen MR) is 77.4 cm³/mol. The number of nitrogens with zero attached hydrogens (tertiary/aromatic N) is 2. The number of hydrogen-bond donors (Lipinski definition) is 0. The van der Waals surface area contributed by atoms with Gasteiger partial charge in [-0.3, -0.25) is 0 Å². The highest BCUT2D eigenvalue weighted by Crippen LogP contribution is 2.21. The van der Waals surface area contributed by atoms with Crippen molar-refractivity contribution >= 4 is 11.4 Å². The van der Waals surface area contributed by atoms with Crippen molar-refractivity contribution in [3.8, 4) is 5.75 Å². The molecule has 0 saturated heterocycles. The molecule has 0 amide bonds. The zero-order valence-corrected chi connectivity index (χ0v) is 10.9. The van der Waals surface area contributed by atoms with E-state index in [0.29, 0.717) is 6.61 Å². The highest BCUT2D eigenvalue weighted by Gasteiger charge is 1.95. The Morgan fingerprint density at radius 1 is 0.947 bits per heavy atom. The van der Waals surface area contributed by atoms with Crippen molar-refractivity contribution in [2.24, 2.45) is 10.2 Å². The molecular formula is C16H16N2O. The van der Waals surface area contributed by atoms with Crippen LogP contribution in [0, 0.1) is 0 Å². The summed E-state index contributed by atoms with van der Waals surface area (Å²) in [5.41, 5.74) is 2.63. The Hall–Kier alpha value is -2.42. The van der Waals surface area contributed by atoms with Crippen molar-refractivity contribution in [1.29, 1.82) is 0 Å². The van der Waals surface area contributed by atoms with E-state index < -0.39 is 0 Å². The molecule has 0 N–H and O–H groups in total. The van der Waals surface area contributed by atoms with Crippen LogP contribution in [0.1, 0.15) is 6.92 Å². The van der Waals surface area contributed by atoms with Crippen molar-refractivity contribution in [2.75, 3.05) is 6.61 Å². The van der Waals surface area contributed by atoms with Crippen LogP contribution in [0.2, 0.25) is 0 Å². The lowest BCUT2D eigenvalue weighted by Crippen LogP contribution is -1.96. The Morgan fingerprint density at radius 3 is 2.11 bits per heavy atom. The minimum absolute atomic E-state index is 0.533. The highest BCUT2D eigenvalue weighted by atomic mass is 16.5. The van der Waals surface area contributed by atoms with Gasteiger partial charge in [-0.25, -0.2) is 0 Å². The van der Waals surface area contributed by atoms with Gasteiger partial charge in [0.1, 0.15) is 12.4 Å². The molecule has 0 aromatic heterocycles. The van der Waals surface area contributed by atoms with Gasteiger partial charge in [-0.15, -0.1) is 0 Å². The van der Waals surface area contributed by atoms with Gasteiger partial charge in [0.25, 0.3) is 0 Å². The van der Waals surface area contributed by atoms with Crippen LogP contribution < -0.4 is 4.74 Å². The van der Waals surface area contributed by atoms with Crippen molar-refractivity contribution in [3.05, 3.63) is 66.7 Å². The van der Waals surface area contributed by atoms with E-state index in [9.17, 15) is 0 Å². The van der Waals surface area contributed by atoms with Crippen molar-refractivity contribution in [1.82, 2.24) is 0 Å². The molecule has 0 saturated carbocycles. The van der Waals surface area contributed by atoms with Crippen LogP contribution in [0.3, 0.4) is 0 Å². The SMILES string of the molecule is C=C(C)COc1ccc(N=Nc2ccccc2)cc1. The van der Waals surface area contributed by atoms with E-state index in [-0.39, 0.29) is 0 Å². The van der Waals surface area contributed by atoms with Gasteiger partial charge in [-0.1, -0.05) is 24.8 Å². The van der Waals surface area contributed by atoms with Crippen molar-refractivity contribution in [3.63, 3.8) is 0 Å². The third-order valence-electron chi connectivity index (χ3n) is 2.36. The van der Waals surface area contributed by atoms with E-state index in [0.717, 1.165) is 22.7 Å². The van der Waals surface area contributed by atoms with Gasteiger partial charge in [-0.2, -0.15) is 10.2 Å². The molecule has 0 spiro atoms. The molecule has 0 aliphatic heterocycles. The fraction of sp³-hybridized carbons (Fsp3) is 0.125. The number of rotatable bonds is 5. The topological polar surface area (TPSA) is 34.0 Å². The maximum Gasteiger partial charge on any atom is 0.119 e. The fourth-order valence-corrected chi connectivity index (χ4v) is 1.43. The summed E-state index contributed by atoms with van der Waals surface area (Å²) >= 11 is 0. The molecule has 0 heterocycles. The molecule has 0 atom stereocenters. The monoisotopic (exact) mass is 252 g/mol. The average Bonchev–Trinajstić information content (AvgIpc) is 2.45. The minimum Gasteiger partial charge on any atom is -0.489 e. The van der Waals surface area contributed by atoms with Gasteiger partial charge in [0, 0.05) is 0 Å². The second-order valence-corrected chi connectivity index (χ2v) is 4.28. The zero-order valence-electron chi connectivity index (χ0n) is 10.9. The molecule has 19 heavy (non-hydrogen) atoms. The third-order valence-corrected chi connectivity index (χ3v) is 2.36. The van der Waals surface area contributed by atoms with Gasteiger partial charge in [0.2, 0.25) is 0 Å². The van der Waals surface area contributed by atoms with E-state index >= 15 is 0 Å². The van der Waals surface area contributed by atoms with Crippen molar-refractivity contribution < 1.29 is 4.74 Å². The van der Waals surface area contributed by atoms with Crippen LogP contribution in [-0.4, -0.2) is 6.61 Å². The third kappa shape index (κ3) is 4.39. The molecule has 2 rings (SSSR count). The lowest BCUT2D eigenvalue weighted by molar-refractivity contribution is 0.353. The molecule has 0 aliphatic carbocycles. The highest BCUT2D eigenvalue weighted by molar-refractivity contribution is 5.42. The molecule has 2 aromatic rings. The van der Waals surface area contributed by atoms with Crippen molar-refractivity contribution in [2.45, 2.75) is 6.92 Å². The van der Waals surface area contributed by atoms with Crippen LogP contribution in [0.5, 0.6) is 5.75 Å². The minimum atomic E-state index is 0.533. The lowest BCUT2D eigenvalue weighted by Gasteiger charge is -2.04. The molecule has 0 bridgehead atoms. The summed E-state index contributed by atoms with van der Waals surface area (Å²) in [4.78, 5) is 0. The molecule has 0 unspecified atom stereocenters. The Labute approximate surface area is 113 Å². The summed E-state index contributed by atoms with van der Waals surface area (Å²) in [6.45, 7) is 6.26. The van der Waals surface area contributed by atoms with Crippen LogP contribution in [-0.2, 0) is 0 Å². The van der Waals surface area contributed by atoms with E-state index in [1.165, 1.54) is 0 Å². The zero-order chi connectivity index (χ0) is 13.5. The van der Waals surface area contributed by atoms with Gasteiger partial charge in [-0.05, 0) is 48.9 Å². The molecule has 96 valence electrons. The number of benzene rings is 2. The second-order valence-electron chi connectivity index (χ2n) is 4.28. The first-order valence-electron chi connectivity index (χ1n) is 6.08. The lowest BCUT2D eigenvalue weighted by atomic mass is 10.3. The molecule has 3 nitrogen and oxygen atoms in total. The predicted octanol–water partition coefficient (Wildman–Crippen LogP) is 5.06. The van der Waals surface area contributed by atoms with Crippen LogP contribution in [0.15, 0.2) is 77.0 Å². The number of hydrogen-bond acceptors (Lipinski definition) is 3. The number of ether oxygens (including phenoxy) is 1. The standard InChI is InChI=1S/C16H16N2O/c1-13(2)12-19-16-10-8-15(9-11-16)18-17-14-6-4-3-5-7-14/h3-11H,1,12H2,2H3. The maximum atomic E-state index is 5.51. The Balaban J connectivity index is 1.99. The smallest absolute Gasteiger partial charge is 0.119 e. The van der Waals surface area contributed by atoms with Gasteiger partial charge in [0.05, 0.1) is 11.4 Å². The summed E-state index contributed by atoms with van der Waals surface area (Å²) in [6.07, 6.45) is 0. The van der Waals surface area contributed by atoms with Crippen LogP contribution in [0.4, 0.5) is 11.4 Å². The molecule has 0 radical (unpaired) electrons. The summed E-state index contributed by atoms with van der Waals surface area (Å²) < 4.78 is 5.51. The second kappa shape index (κ2) is 6.50.